The van der Waals surface area contributed by atoms with Crippen LogP contribution in [0.5, 0.6) is 0 Å². The van der Waals surface area contributed by atoms with E-state index in [1.165, 1.54) is 12.1 Å². The van der Waals surface area contributed by atoms with Crippen LogP contribution in [0.2, 0.25) is 5.02 Å². The van der Waals surface area contributed by atoms with E-state index in [1.54, 1.807) is 12.1 Å². The van der Waals surface area contributed by atoms with Crippen LogP contribution in [0.25, 0.3) is 0 Å². The zero-order chi connectivity index (χ0) is 14.4. The van der Waals surface area contributed by atoms with Crippen molar-refractivity contribution in [3.63, 3.8) is 0 Å². The molecule has 2 aromatic rings. The Hall–Kier alpha value is -1.74. The third-order valence-electron chi connectivity index (χ3n) is 3.13. The first-order valence-corrected chi connectivity index (χ1v) is 7.07. The van der Waals surface area contributed by atoms with Crippen molar-refractivity contribution in [3.8, 4) is 0 Å². The molecule has 20 heavy (non-hydrogen) atoms. The lowest BCUT2D eigenvalue weighted by atomic mass is 10.2. The summed E-state index contributed by atoms with van der Waals surface area (Å²) in [6.07, 6.45) is 0. The molecule has 0 saturated heterocycles. The second kappa shape index (κ2) is 7.15. The lowest BCUT2D eigenvalue weighted by Gasteiger charge is -2.23. The van der Waals surface area contributed by atoms with E-state index in [0.29, 0.717) is 0 Å². The second-order valence-electron chi connectivity index (χ2n) is 4.49. The Morgan fingerprint density at radius 2 is 1.70 bits per heavy atom. The van der Waals surface area contributed by atoms with Crippen LogP contribution in [0, 0.1) is 5.82 Å². The van der Waals surface area contributed by atoms with Crippen molar-refractivity contribution >= 4 is 23.0 Å². The largest absolute Gasteiger partial charge is 0.383 e. The minimum atomic E-state index is -0.205. The molecule has 106 valence electrons. The Labute approximate surface area is 124 Å². The van der Waals surface area contributed by atoms with E-state index < -0.39 is 0 Å². The molecule has 0 spiro atoms. The zero-order valence-corrected chi connectivity index (χ0v) is 12.2. The van der Waals surface area contributed by atoms with Crippen LogP contribution in [0.4, 0.5) is 15.8 Å². The number of nitrogens with one attached hydrogen (secondary N) is 1. The number of rotatable bonds is 6. The molecule has 0 atom stereocenters. The molecule has 1 N–H and O–H groups in total. The highest BCUT2D eigenvalue weighted by molar-refractivity contribution is 6.30. The number of hydrogen-bond acceptors (Lipinski definition) is 2. The standard InChI is InChI=1S/C16H18ClFN2/c1-2-20(16-9-5-14(18)6-10-16)12-11-19-15-7-3-13(17)4-8-15/h3-10,19H,2,11-12H2,1H3. The molecule has 0 aromatic heterocycles. The molecule has 2 aromatic carbocycles. The minimum Gasteiger partial charge on any atom is -0.383 e. The van der Waals surface area contributed by atoms with Gasteiger partial charge in [0.05, 0.1) is 0 Å². The quantitative estimate of drug-likeness (QED) is 0.848. The molecule has 0 amide bonds. The molecule has 0 saturated carbocycles. The minimum absolute atomic E-state index is 0.205. The number of benzene rings is 2. The molecule has 0 heterocycles. The molecule has 0 bridgehead atoms. The van der Waals surface area contributed by atoms with Gasteiger partial charge in [0.2, 0.25) is 0 Å². The Bertz CT molecular complexity index is 525. The van der Waals surface area contributed by atoms with Gasteiger partial charge in [-0.05, 0) is 55.5 Å². The van der Waals surface area contributed by atoms with Gasteiger partial charge < -0.3 is 10.2 Å². The SMILES string of the molecule is CCN(CCNc1ccc(Cl)cc1)c1ccc(F)cc1. The number of likely N-dealkylation sites (N-methyl/N-ethyl adjacent to an activating group) is 1. The average molecular weight is 293 g/mol. The maximum Gasteiger partial charge on any atom is 0.123 e. The third kappa shape index (κ3) is 4.14. The molecule has 0 fully saturated rings. The molecular formula is C16H18ClFN2. The van der Waals surface area contributed by atoms with Crippen LogP contribution in [0.15, 0.2) is 48.5 Å². The average Bonchev–Trinajstić information content (AvgIpc) is 2.47. The predicted octanol–water partition coefficient (Wildman–Crippen LogP) is 4.42. The fraction of sp³-hybridized carbons (Fsp3) is 0.250. The van der Waals surface area contributed by atoms with Crippen molar-refractivity contribution < 1.29 is 4.39 Å². The van der Waals surface area contributed by atoms with Crippen molar-refractivity contribution in [2.24, 2.45) is 0 Å². The summed E-state index contributed by atoms with van der Waals surface area (Å²) >= 11 is 5.84. The van der Waals surface area contributed by atoms with Gasteiger partial charge in [-0.25, -0.2) is 4.39 Å². The van der Waals surface area contributed by atoms with Crippen LogP contribution in [-0.4, -0.2) is 19.6 Å². The summed E-state index contributed by atoms with van der Waals surface area (Å²) in [7, 11) is 0. The van der Waals surface area contributed by atoms with E-state index in [1.807, 2.05) is 24.3 Å². The summed E-state index contributed by atoms with van der Waals surface area (Å²) in [5, 5.41) is 4.08. The highest BCUT2D eigenvalue weighted by atomic mass is 35.5. The summed E-state index contributed by atoms with van der Waals surface area (Å²) < 4.78 is 12.9. The first kappa shape index (κ1) is 14.7. The lowest BCUT2D eigenvalue weighted by Crippen LogP contribution is -2.28. The van der Waals surface area contributed by atoms with Gasteiger partial charge in [0, 0.05) is 36.0 Å². The molecule has 0 radical (unpaired) electrons. The number of nitrogens with zero attached hydrogens (tertiary/aromatic N) is 1. The van der Waals surface area contributed by atoms with E-state index in [9.17, 15) is 4.39 Å². The van der Waals surface area contributed by atoms with Crippen molar-refractivity contribution in [2.75, 3.05) is 29.9 Å². The van der Waals surface area contributed by atoms with Gasteiger partial charge in [-0.3, -0.25) is 0 Å². The molecule has 0 aliphatic heterocycles. The molecule has 0 unspecified atom stereocenters. The maximum atomic E-state index is 12.9. The van der Waals surface area contributed by atoms with Crippen molar-refractivity contribution in [1.82, 2.24) is 0 Å². The highest BCUT2D eigenvalue weighted by Gasteiger charge is 2.03. The first-order valence-electron chi connectivity index (χ1n) is 6.69. The lowest BCUT2D eigenvalue weighted by molar-refractivity contribution is 0.627. The van der Waals surface area contributed by atoms with E-state index in [0.717, 1.165) is 36.0 Å². The van der Waals surface area contributed by atoms with Gasteiger partial charge in [0.15, 0.2) is 0 Å². The Morgan fingerprint density at radius 1 is 1.05 bits per heavy atom. The zero-order valence-electron chi connectivity index (χ0n) is 11.4. The van der Waals surface area contributed by atoms with E-state index >= 15 is 0 Å². The molecular weight excluding hydrogens is 275 g/mol. The van der Waals surface area contributed by atoms with Gasteiger partial charge in [0.1, 0.15) is 5.82 Å². The molecule has 0 aliphatic rings. The monoisotopic (exact) mass is 292 g/mol. The van der Waals surface area contributed by atoms with E-state index in [-0.39, 0.29) is 5.82 Å². The van der Waals surface area contributed by atoms with Gasteiger partial charge in [-0.1, -0.05) is 11.6 Å². The first-order chi connectivity index (χ1) is 9.69. The van der Waals surface area contributed by atoms with Gasteiger partial charge in [-0.15, -0.1) is 0 Å². The summed E-state index contributed by atoms with van der Waals surface area (Å²) in [6, 6.07) is 14.2. The number of halogens is 2. The van der Waals surface area contributed by atoms with Crippen molar-refractivity contribution in [2.45, 2.75) is 6.92 Å². The van der Waals surface area contributed by atoms with E-state index in [4.69, 9.17) is 11.6 Å². The molecule has 0 aliphatic carbocycles. The van der Waals surface area contributed by atoms with Crippen LogP contribution in [0.3, 0.4) is 0 Å². The normalized spacial score (nSPS) is 10.3. The highest BCUT2D eigenvalue weighted by Crippen LogP contribution is 2.15. The smallest absolute Gasteiger partial charge is 0.123 e. The predicted molar refractivity (Wildman–Crippen MR) is 84.2 cm³/mol. The number of anilines is 2. The van der Waals surface area contributed by atoms with Crippen LogP contribution < -0.4 is 10.2 Å². The summed E-state index contributed by atoms with van der Waals surface area (Å²) in [6.45, 7) is 4.64. The van der Waals surface area contributed by atoms with Crippen LogP contribution in [-0.2, 0) is 0 Å². The Kier molecular flexibility index (Phi) is 5.24. The molecule has 2 rings (SSSR count). The van der Waals surface area contributed by atoms with E-state index in [2.05, 4.69) is 17.1 Å². The maximum absolute atomic E-state index is 12.9. The van der Waals surface area contributed by atoms with Crippen molar-refractivity contribution in [1.29, 1.82) is 0 Å². The van der Waals surface area contributed by atoms with Gasteiger partial charge in [-0.2, -0.15) is 0 Å². The molecule has 2 nitrogen and oxygen atoms in total. The summed E-state index contributed by atoms with van der Waals surface area (Å²) in [5.74, 6) is -0.205. The van der Waals surface area contributed by atoms with Crippen LogP contribution in [0.1, 0.15) is 6.92 Å². The number of hydrogen-bond donors (Lipinski definition) is 1. The van der Waals surface area contributed by atoms with Crippen LogP contribution >= 0.6 is 11.6 Å². The second-order valence-corrected chi connectivity index (χ2v) is 4.93. The topological polar surface area (TPSA) is 15.3 Å². The Balaban J connectivity index is 1.87. The summed E-state index contributed by atoms with van der Waals surface area (Å²) in [5.41, 5.74) is 2.08. The Morgan fingerprint density at radius 3 is 2.30 bits per heavy atom. The van der Waals surface area contributed by atoms with Gasteiger partial charge in [0.25, 0.3) is 0 Å². The van der Waals surface area contributed by atoms with Gasteiger partial charge >= 0.3 is 0 Å². The third-order valence-corrected chi connectivity index (χ3v) is 3.38. The summed E-state index contributed by atoms with van der Waals surface area (Å²) in [4.78, 5) is 2.20. The van der Waals surface area contributed by atoms with Crippen molar-refractivity contribution in [3.05, 3.63) is 59.4 Å². The fourth-order valence-corrected chi connectivity index (χ4v) is 2.15. The molecule has 4 heteroatoms. The fourth-order valence-electron chi connectivity index (χ4n) is 2.02.